The van der Waals surface area contributed by atoms with E-state index in [1.807, 2.05) is 0 Å². The number of hydrogen-bond acceptors (Lipinski definition) is 4. The molecule has 0 radical (unpaired) electrons. The molecule has 0 aromatic heterocycles. The Kier molecular flexibility index (Phi) is 2.99. The third kappa shape index (κ3) is 2.09. The molecule has 1 heterocycles. The van der Waals surface area contributed by atoms with Crippen molar-refractivity contribution in [3.05, 3.63) is 33.3 Å². The molecule has 0 aliphatic carbocycles. The quantitative estimate of drug-likeness (QED) is 0.639. The number of anilines is 1. The molecule has 17 heavy (non-hydrogen) atoms. The minimum Gasteiger partial charge on any atom is -0.391 e. The van der Waals surface area contributed by atoms with Gasteiger partial charge in [-0.25, -0.2) is 0 Å². The van der Waals surface area contributed by atoms with Gasteiger partial charge in [0.25, 0.3) is 5.69 Å². The highest BCUT2D eigenvalue weighted by atomic mass is 35.5. The van der Waals surface area contributed by atoms with Crippen molar-refractivity contribution in [2.75, 3.05) is 11.4 Å². The number of benzene rings is 1. The second-order valence-electron chi connectivity index (χ2n) is 3.73. The molecule has 2 rings (SSSR count). The molecule has 1 saturated heterocycles. The van der Waals surface area contributed by atoms with Gasteiger partial charge < -0.3 is 10.0 Å². The van der Waals surface area contributed by atoms with Crippen LogP contribution in [0.25, 0.3) is 0 Å². The largest absolute Gasteiger partial charge is 0.391 e. The fourth-order valence-electron chi connectivity index (χ4n) is 1.82. The number of nitro groups is 1. The van der Waals surface area contributed by atoms with Crippen LogP contribution in [0.4, 0.5) is 11.4 Å². The molecule has 0 saturated carbocycles. The van der Waals surface area contributed by atoms with E-state index in [9.17, 15) is 20.0 Å². The lowest BCUT2D eigenvalue weighted by Gasteiger charge is -2.17. The van der Waals surface area contributed by atoms with Gasteiger partial charge in [-0.1, -0.05) is 17.7 Å². The van der Waals surface area contributed by atoms with Crippen LogP contribution in [0.5, 0.6) is 0 Å². The van der Waals surface area contributed by atoms with Crippen molar-refractivity contribution >= 4 is 28.9 Å². The monoisotopic (exact) mass is 256 g/mol. The summed E-state index contributed by atoms with van der Waals surface area (Å²) in [6.45, 7) is 0.0312. The first-order chi connectivity index (χ1) is 8.00. The summed E-state index contributed by atoms with van der Waals surface area (Å²) in [4.78, 5) is 23.0. The van der Waals surface area contributed by atoms with E-state index in [1.165, 1.54) is 18.2 Å². The number of aliphatic hydroxyl groups is 1. The minimum atomic E-state index is -0.807. The van der Waals surface area contributed by atoms with E-state index in [4.69, 9.17) is 11.6 Å². The summed E-state index contributed by atoms with van der Waals surface area (Å²) in [5.41, 5.74) is -0.180. The van der Waals surface area contributed by atoms with E-state index in [0.717, 1.165) is 4.90 Å². The molecule has 1 N–H and O–H groups in total. The Hall–Kier alpha value is -1.66. The first-order valence-corrected chi connectivity index (χ1v) is 5.30. The Morgan fingerprint density at radius 1 is 1.53 bits per heavy atom. The Balaban J connectivity index is 2.51. The van der Waals surface area contributed by atoms with Crippen molar-refractivity contribution in [3.63, 3.8) is 0 Å². The Morgan fingerprint density at radius 3 is 2.76 bits per heavy atom. The molecule has 1 amide bonds. The summed E-state index contributed by atoms with van der Waals surface area (Å²) in [6, 6.07) is 4.20. The standard InChI is InChI=1S/C10H9ClN2O4/c11-7-2-1-3-8(13(16)17)10(7)12-5-6(14)4-9(12)15/h1-3,6,14H,4-5H2. The lowest BCUT2D eigenvalue weighted by atomic mass is 10.2. The molecule has 90 valence electrons. The second-order valence-corrected chi connectivity index (χ2v) is 4.13. The fraction of sp³-hybridized carbons (Fsp3) is 0.300. The van der Waals surface area contributed by atoms with Crippen LogP contribution in [-0.2, 0) is 4.79 Å². The highest BCUT2D eigenvalue weighted by Crippen LogP contribution is 2.37. The number of nitrogens with zero attached hydrogens (tertiary/aromatic N) is 2. The van der Waals surface area contributed by atoms with Crippen LogP contribution in [0.3, 0.4) is 0 Å². The molecule has 1 atom stereocenters. The molecule has 6 nitrogen and oxygen atoms in total. The van der Waals surface area contributed by atoms with E-state index in [2.05, 4.69) is 0 Å². The molecular weight excluding hydrogens is 248 g/mol. The Morgan fingerprint density at radius 2 is 2.24 bits per heavy atom. The number of aliphatic hydroxyl groups excluding tert-OH is 1. The number of amides is 1. The number of hydrogen-bond donors (Lipinski definition) is 1. The van der Waals surface area contributed by atoms with Gasteiger partial charge >= 0.3 is 0 Å². The summed E-state index contributed by atoms with van der Waals surface area (Å²) < 4.78 is 0. The van der Waals surface area contributed by atoms with Crippen molar-refractivity contribution in [2.45, 2.75) is 12.5 Å². The van der Waals surface area contributed by atoms with E-state index < -0.39 is 11.0 Å². The van der Waals surface area contributed by atoms with Crippen molar-refractivity contribution < 1.29 is 14.8 Å². The molecule has 1 fully saturated rings. The van der Waals surface area contributed by atoms with Gasteiger partial charge in [-0.15, -0.1) is 0 Å². The molecule has 1 unspecified atom stereocenters. The summed E-state index contributed by atoms with van der Waals surface area (Å²) >= 11 is 5.89. The second kappa shape index (κ2) is 4.31. The Bertz CT molecular complexity index is 491. The van der Waals surface area contributed by atoms with Crippen LogP contribution in [0.15, 0.2) is 18.2 Å². The molecule has 1 aliphatic rings. The Labute approximate surface area is 102 Å². The zero-order chi connectivity index (χ0) is 12.6. The van der Waals surface area contributed by atoms with Crippen LogP contribution in [0.2, 0.25) is 5.02 Å². The van der Waals surface area contributed by atoms with Crippen LogP contribution in [-0.4, -0.2) is 28.6 Å². The first-order valence-electron chi connectivity index (χ1n) is 4.92. The number of carbonyl (C=O) groups is 1. The lowest BCUT2D eigenvalue weighted by molar-refractivity contribution is -0.384. The van der Waals surface area contributed by atoms with Crippen molar-refractivity contribution in [2.24, 2.45) is 0 Å². The molecule has 1 aromatic carbocycles. The zero-order valence-corrected chi connectivity index (χ0v) is 9.42. The maximum Gasteiger partial charge on any atom is 0.294 e. The van der Waals surface area contributed by atoms with E-state index >= 15 is 0 Å². The van der Waals surface area contributed by atoms with E-state index in [1.54, 1.807) is 0 Å². The number of β-amino-alcohol motifs (C(OH)–C–C–N with tert-alkyl or cyclic N) is 1. The highest BCUT2D eigenvalue weighted by molar-refractivity contribution is 6.34. The maximum absolute atomic E-state index is 11.6. The van der Waals surface area contributed by atoms with Crippen LogP contribution < -0.4 is 4.90 Å². The van der Waals surface area contributed by atoms with Gasteiger partial charge in [0.15, 0.2) is 0 Å². The van der Waals surface area contributed by atoms with Crippen molar-refractivity contribution in [3.8, 4) is 0 Å². The first kappa shape index (κ1) is 11.8. The van der Waals surface area contributed by atoms with Gasteiger partial charge in [0.1, 0.15) is 5.69 Å². The van der Waals surface area contributed by atoms with Gasteiger partial charge in [-0.3, -0.25) is 14.9 Å². The van der Waals surface area contributed by atoms with Crippen molar-refractivity contribution in [1.29, 1.82) is 0 Å². The summed E-state index contributed by atoms with van der Waals surface area (Å²) in [5.74, 6) is -0.367. The number of nitro benzene ring substituents is 1. The molecular formula is C10H9ClN2O4. The number of rotatable bonds is 2. The predicted octanol–water partition coefficient (Wildman–Crippen LogP) is 1.35. The molecule has 7 heteroatoms. The molecule has 1 aromatic rings. The van der Waals surface area contributed by atoms with Gasteiger partial charge in [0.05, 0.1) is 29.0 Å². The zero-order valence-electron chi connectivity index (χ0n) is 8.67. The number of para-hydroxylation sites is 1. The normalized spacial score (nSPS) is 19.8. The summed E-state index contributed by atoms with van der Waals surface area (Å²) in [5, 5.41) is 20.4. The van der Waals surface area contributed by atoms with Gasteiger partial charge in [-0.2, -0.15) is 0 Å². The average Bonchev–Trinajstić information content (AvgIpc) is 2.57. The highest BCUT2D eigenvalue weighted by Gasteiger charge is 2.34. The third-order valence-corrected chi connectivity index (χ3v) is 2.84. The van der Waals surface area contributed by atoms with Crippen LogP contribution in [0, 0.1) is 10.1 Å². The molecule has 1 aliphatic heterocycles. The van der Waals surface area contributed by atoms with Gasteiger partial charge in [-0.05, 0) is 6.07 Å². The molecule has 0 bridgehead atoms. The van der Waals surface area contributed by atoms with E-state index in [0.29, 0.717) is 0 Å². The van der Waals surface area contributed by atoms with Crippen LogP contribution >= 0.6 is 11.6 Å². The van der Waals surface area contributed by atoms with Gasteiger partial charge in [0.2, 0.25) is 5.91 Å². The number of halogens is 1. The summed E-state index contributed by atoms with van der Waals surface area (Å²) in [6.07, 6.45) is -0.846. The van der Waals surface area contributed by atoms with Crippen molar-refractivity contribution in [1.82, 2.24) is 0 Å². The van der Waals surface area contributed by atoms with Crippen LogP contribution in [0.1, 0.15) is 6.42 Å². The minimum absolute atomic E-state index is 0.0312. The van der Waals surface area contributed by atoms with E-state index in [-0.39, 0.29) is 35.3 Å². The predicted molar refractivity (Wildman–Crippen MR) is 61.1 cm³/mol. The average molecular weight is 257 g/mol. The third-order valence-electron chi connectivity index (χ3n) is 2.54. The number of carbonyl (C=O) groups excluding carboxylic acids is 1. The maximum atomic E-state index is 11.6. The smallest absolute Gasteiger partial charge is 0.294 e. The topological polar surface area (TPSA) is 83.7 Å². The summed E-state index contributed by atoms with van der Waals surface area (Å²) in [7, 11) is 0. The molecule has 0 spiro atoms. The lowest BCUT2D eigenvalue weighted by Crippen LogP contribution is -2.26. The van der Waals surface area contributed by atoms with Gasteiger partial charge in [0, 0.05) is 6.07 Å². The fourth-order valence-corrected chi connectivity index (χ4v) is 2.09. The SMILES string of the molecule is O=C1CC(O)CN1c1c(Cl)cccc1[N+](=O)[O-].